The van der Waals surface area contributed by atoms with E-state index in [1.165, 1.54) is 18.4 Å². The van der Waals surface area contributed by atoms with E-state index < -0.39 is 0 Å². The zero-order valence-electron chi connectivity index (χ0n) is 13.8. The summed E-state index contributed by atoms with van der Waals surface area (Å²) in [7, 11) is 0. The average Bonchev–Trinajstić information content (AvgIpc) is 2.63. The van der Waals surface area contributed by atoms with Crippen molar-refractivity contribution in [3.63, 3.8) is 0 Å². The number of nitrogens with one attached hydrogen (secondary N) is 1. The normalized spacial score (nSPS) is 25.6. The summed E-state index contributed by atoms with van der Waals surface area (Å²) in [5, 5.41) is 3.70. The summed E-state index contributed by atoms with van der Waals surface area (Å²) in [5.41, 5.74) is 2.30. The van der Waals surface area contributed by atoms with Crippen LogP contribution in [-0.2, 0) is 6.54 Å². The van der Waals surface area contributed by atoms with Crippen LogP contribution in [0.4, 0.5) is 4.39 Å². The van der Waals surface area contributed by atoms with Gasteiger partial charge in [-0.15, -0.1) is 0 Å². The van der Waals surface area contributed by atoms with E-state index in [4.69, 9.17) is 0 Å². The third-order valence-electron chi connectivity index (χ3n) is 5.03. The van der Waals surface area contributed by atoms with E-state index in [1.54, 1.807) is 12.1 Å². The highest BCUT2D eigenvalue weighted by Crippen LogP contribution is 2.20. The fourth-order valence-corrected chi connectivity index (χ4v) is 3.10. The molecule has 1 aliphatic rings. The molecule has 0 saturated carbocycles. The molecule has 3 heteroatoms. The summed E-state index contributed by atoms with van der Waals surface area (Å²) >= 11 is 0. The molecule has 1 heterocycles. The van der Waals surface area contributed by atoms with Crippen LogP contribution < -0.4 is 5.32 Å². The molecular weight excluding hydrogens is 263 g/mol. The molecule has 0 amide bonds. The number of hydrogen-bond donors (Lipinski definition) is 1. The predicted octanol–water partition coefficient (Wildman–Crippen LogP) is 3.73. The Hall–Kier alpha value is -0.930. The molecule has 118 valence electrons. The van der Waals surface area contributed by atoms with Crippen molar-refractivity contribution in [1.29, 1.82) is 0 Å². The first kappa shape index (κ1) is 16.4. The van der Waals surface area contributed by atoms with Gasteiger partial charge in [0.1, 0.15) is 5.82 Å². The number of rotatable bonds is 4. The Bertz CT molecular complexity index is 461. The van der Waals surface area contributed by atoms with E-state index in [0.29, 0.717) is 18.0 Å². The van der Waals surface area contributed by atoms with Crippen molar-refractivity contribution in [2.75, 3.05) is 13.1 Å². The summed E-state index contributed by atoms with van der Waals surface area (Å²) < 4.78 is 13.3. The van der Waals surface area contributed by atoms with E-state index in [1.807, 2.05) is 13.0 Å². The van der Waals surface area contributed by atoms with Crippen LogP contribution in [0.25, 0.3) is 0 Å². The second-order valence-corrected chi connectivity index (χ2v) is 6.58. The molecule has 1 N–H and O–H groups in total. The Morgan fingerprint density at radius 2 is 2.19 bits per heavy atom. The maximum absolute atomic E-state index is 13.3. The van der Waals surface area contributed by atoms with E-state index in [0.717, 1.165) is 25.2 Å². The SMILES string of the molecule is CCC(C)C1CN(Cc2ccc(F)cc2C)C(C)CCN1. The first-order chi connectivity index (χ1) is 10.0. The number of halogens is 1. The van der Waals surface area contributed by atoms with Gasteiger partial charge in [0.15, 0.2) is 0 Å². The molecule has 1 aromatic rings. The second kappa shape index (κ2) is 7.37. The smallest absolute Gasteiger partial charge is 0.123 e. The summed E-state index contributed by atoms with van der Waals surface area (Å²) in [6.07, 6.45) is 2.38. The van der Waals surface area contributed by atoms with Crippen LogP contribution in [-0.4, -0.2) is 30.1 Å². The minimum atomic E-state index is -0.140. The van der Waals surface area contributed by atoms with Gasteiger partial charge in [0, 0.05) is 25.2 Å². The molecule has 1 aliphatic heterocycles. The molecular formula is C18H29FN2. The van der Waals surface area contributed by atoms with E-state index in [2.05, 4.69) is 31.0 Å². The fraction of sp³-hybridized carbons (Fsp3) is 0.667. The van der Waals surface area contributed by atoms with Gasteiger partial charge in [-0.25, -0.2) is 4.39 Å². The molecule has 0 spiro atoms. The molecule has 1 fully saturated rings. The van der Waals surface area contributed by atoms with Gasteiger partial charge in [-0.3, -0.25) is 4.90 Å². The minimum Gasteiger partial charge on any atom is -0.312 e. The molecule has 3 unspecified atom stereocenters. The molecule has 0 bridgehead atoms. The lowest BCUT2D eigenvalue weighted by molar-refractivity contribution is 0.180. The summed E-state index contributed by atoms with van der Waals surface area (Å²) in [6, 6.07) is 6.28. The molecule has 1 aromatic carbocycles. The highest BCUT2D eigenvalue weighted by molar-refractivity contribution is 5.26. The van der Waals surface area contributed by atoms with Gasteiger partial charge in [0.2, 0.25) is 0 Å². The lowest BCUT2D eigenvalue weighted by atomic mass is 9.98. The monoisotopic (exact) mass is 292 g/mol. The largest absolute Gasteiger partial charge is 0.312 e. The zero-order valence-corrected chi connectivity index (χ0v) is 13.8. The standard InChI is InChI=1S/C18H29FN2/c1-5-13(2)18-12-21(15(4)8-9-20-18)11-16-6-7-17(19)10-14(16)3/h6-7,10,13,15,18,20H,5,8-9,11-12H2,1-4H3. The van der Waals surface area contributed by atoms with E-state index >= 15 is 0 Å². The highest BCUT2D eigenvalue weighted by atomic mass is 19.1. The number of hydrogen-bond acceptors (Lipinski definition) is 2. The summed E-state index contributed by atoms with van der Waals surface area (Å²) in [5.74, 6) is 0.548. The van der Waals surface area contributed by atoms with E-state index in [9.17, 15) is 4.39 Å². The van der Waals surface area contributed by atoms with Crippen LogP contribution in [0.5, 0.6) is 0 Å². The highest BCUT2D eigenvalue weighted by Gasteiger charge is 2.25. The second-order valence-electron chi connectivity index (χ2n) is 6.58. The van der Waals surface area contributed by atoms with Gasteiger partial charge in [0.05, 0.1) is 0 Å². The lowest BCUT2D eigenvalue weighted by Gasteiger charge is -2.31. The molecule has 0 aromatic heterocycles. The Labute approximate surface area is 128 Å². The molecule has 1 saturated heterocycles. The zero-order chi connectivity index (χ0) is 15.4. The Kier molecular flexibility index (Phi) is 5.77. The molecule has 3 atom stereocenters. The van der Waals surface area contributed by atoms with Crippen LogP contribution in [0.15, 0.2) is 18.2 Å². The quantitative estimate of drug-likeness (QED) is 0.909. The molecule has 2 nitrogen and oxygen atoms in total. The van der Waals surface area contributed by atoms with Crippen LogP contribution in [0.3, 0.4) is 0 Å². The predicted molar refractivity (Wildman–Crippen MR) is 86.9 cm³/mol. The number of nitrogens with zero attached hydrogens (tertiary/aromatic N) is 1. The first-order valence-electron chi connectivity index (χ1n) is 8.23. The summed E-state index contributed by atoms with van der Waals surface area (Å²) in [6.45, 7) is 12.0. The van der Waals surface area contributed by atoms with Gasteiger partial charge in [0.25, 0.3) is 0 Å². The van der Waals surface area contributed by atoms with Crippen molar-refractivity contribution < 1.29 is 4.39 Å². The number of benzene rings is 1. The van der Waals surface area contributed by atoms with E-state index in [-0.39, 0.29) is 5.82 Å². The van der Waals surface area contributed by atoms with Crippen LogP contribution in [0, 0.1) is 18.7 Å². The van der Waals surface area contributed by atoms with Gasteiger partial charge in [-0.2, -0.15) is 0 Å². The molecule has 2 rings (SSSR count). The average molecular weight is 292 g/mol. The van der Waals surface area contributed by atoms with Crippen LogP contribution in [0.2, 0.25) is 0 Å². The third kappa shape index (κ3) is 4.27. The van der Waals surface area contributed by atoms with Crippen molar-refractivity contribution >= 4 is 0 Å². The van der Waals surface area contributed by atoms with Crippen LogP contribution in [0.1, 0.15) is 44.7 Å². The molecule has 21 heavy (non-hydrogen) atoms. The lowest BCUT2D eigenvalue weighted by Crippen LogP contribution is -2.43. The topological polar surface area (TPSA) is 15.3 Å². The minimum absolute atomic E-state index is 0.140. The van der Waals surface area contributed by atoms with Gasteiger partial charge >= 0.3 is 0 Å². The third-order valence-corrected chi connectivity index (χ3v) is 5.03. The van der Waals surface area contributed by atoms with Crippen molar-refractivity contribution in [3.8, 4) is 0 Å². The van der Waals surface area contributed by atoms with Crippen LogP contribution >= 0.6 is 0 Å². The van der Waals surface area contributed by atoms with Crippen molar-refractivity contribution in [1.82, 2.24) is 10.2 Å². The summed E-state index contributed by atoms with van der Waals surface area (Å²) in [4.78, 5) is 2.55. The first-order valence-corrected chi connectivity index (χ1v) is 8.23. The van der Waals surface area contributed by atoms with Crippen molar-refractivity contribution in [3.05, 3.63) is 35.1 Å². The molecule has 0 aliphatic carbocycles. The van der Waals surface area contributed by atoms with Gasteiger partial charge in [-0.05, 0) is 56.0 Å². The van der Waals surface area contributed by atoms with Gasteiger partial charge < -0.3 is 5.32 Å². The van der Waals surface area contributed by atoms with Crippen molar-refractivity contribution in [2.24, 2.45) is 5.92 Å². The fourth-order valence-electron chi connectivity index (χ4n) is 3.10. The van der Waals surface area contributed by atoms with Crippen molar-refractivity contribution in [2.45, 2.75) is 59.2 Å². The maximum Gasteiger partial charge on any atom is 0.123 e. The molecule has 0 radical (unpaired) electrons. The Morgan fingerprint density at radius 1 is 1.43 bits per heavy atom. The maximum atomic E-state index is 13.3. The Balaban J connectivity index is 2.11. The van der Waals surface area contributed by atoms with Gasteiger partial charge in [-0.1, -0.05) is 26.3 Å². The number of aryl methyl sites for hydroxylation is 1. The Morgan fingerprint density at radius 3 is 2.86 bits per heavy atom.